The lowest BCUT2D eigenvalue weighted by Crippen LogP contribution is -2.67. The molecule has 5 aliphatic rings. The zero-order valence-electron chi connectivity index (χ0n) is 15.6. The second kappa shape index (κ2) is 5.05. The van der Waals surface area contributed by atoms with Gasteiger partial charge in [0.05, 0.1) is 5.41 Å². The zero-order valence-corrected chi connectivity index (χ0v) is 15.6. The predicted molar refractivity (Wildman–Crippen MR) is 95.5 cm³/mol. The van der Waals surface area contributed by atoms with Gasteiger partial charge in [0.1, 0.15) is 5.78 Å². The lowest BCUT2D eigenvalue weighted by Gasteiger charge is -2.67. The molecule has 6 atom stereocenters. The molecule has 0 aromatic heterocycles. The lowest BCUT2D eigenvalue weighted by molar-refractivity contribution is -0.190. The number of allylic oxidation sites excluding steroid dienone is 1. The Morgan fingerprint density at radius 2 is 1.83 bits per heavy atom. The molecule has 2 nitrogen and oxygen atoms in total. The number of carbonyl (C=O) groups is 2. The highest BCUT2D eigenvalue weighted by atomic mass is 16.2. The topological polar surface area (TPSA) is 34.1 Å². The van der Waals surface area contributed by atoms with Gasteiger partial charge in [-0.3, -0.25) is 9.59 Å². The summed E-state index contributed by atoms with van der Waals surface area (Å²) < 4.78 is 0. The van der Waals surface area contributed by atoms with Crippen molar-refractivity contribution in [1.29, 1.82) is 0 Å². The Morgan fingerprint density at radius 1 is 1.08 bits per heavy atom. The molecule has 5 rings (SSSR count). The Balaban J connectivity index is 1.88. The molecule has 5 fully saturated rings. The Labute approximate surface area is 146 Å². The van der Waals surface area contributed by atoms with E-state index < -0.39 is 5.41 Å². The Bertz CT molecular complexity index is 619. The van der Waals surface area contributed by atoms with Crippen LogP contribution in [0.5, 0.6) is 0 Å². The molecule has 0 aliphatic heterocycles. The zero-order chi connectivity index (χ0) is 17.3. The van der Waals surface area contributed by atoms with Crippen LogP contribution in [0.15, 0.2) is 12.2 Å². The number of carbonyl (C=O) groups excluding carboxylic acids is 2. The number of hydrogen-bond donors (Lipinski definition) is 0. The highest BCUT2D eigenvalue weighted by Gasteiger charge is 2.70. The molecule has 0 amide bonds. The van der Waals surface area contributed by atoms with Crippen molar-refractivity contribution in [3.8, 4) is 0 Å². The minimum absolute atomic E-state index is 0.134. The normalized spacial score (nSPS) is 50.6. The second-order valence-electron chi connectivity index (χ2n) is 9.48. The summed E-state index contributed by atoms with van der Waals surface area (Å²) in [5, 5.41) is 0. The van der Waals surface area contributed by atoms with E-state index in [2.05, 4.69) is 27.4 Å². The van der Waals surface area contributed by atoms with Crippen molar-refractivity contribution in [2.75, 3.05) is 0 Å². The summed E-state index contributed by atoms with van der Waals surface area (Å²) in [7, 11) is 0. The summed E-state index contributed by atoms with van der Waals surface area (Å²) in [4.78, 5) is 26.6. The predicted octanol–water partition coefficient (Wildman–Crippen LogP) is 5.11. The molecule has 3 unspecified atom stereocenters. The second-order valence-corrected chi connectivity index (χ2v) is 9.48. The fourth-order valence-corrected chi connectivity index (χ4v) is 7.62. The highest BCUT2D eigenvalue weighted by molar-refractivity contribution is 6.16. The Hall–Kier alpha value is -0.920. The van der Waals surface area contributed by atoms with Gasteiger partial charge in [0.15, 0.2) is 5.78 Å². The lowest BCUT2D eigenvalue weighted by atomic mass is 9.35. The number of ketones is 2. The quantitative estimate of drug-likeness (QED) is 0.521. The van der Waals surface area contributed by atoms with Gasteiger partial charge in [-0.25, -0.2) is 0 Å². The van der Waals surface area contributed by atoms with E-state index in [0.29, 0.717) is 18.3 Å². The van der Waals surface area contributed by atoms with Gasteiger partial charge in [-0.05, 0) is 72.7 Å². The molecule has 1 spiro atoms. The SMILES string of the molecule is C=C1C(=O)C23CC[C@H]1CC2[C@]1(CC)CCC[C@@](C)(CC)C1CC3=O. The summed E-state index contributed by atoms with van der Waals surface area (Å²) in [6.45, 7) is 11.1. The molecule has 2 bridgehead atoms. The largest absolute Gasteiger partial charge is 0.299 e. The van der Waals surface area contributed by atoms with Crippen molar-refractivity contribution in [3.63, 3.8) is 0 Å². The number of rotatable bonds is 2. The number of fused-ring (bicyclic) bond motifs is 3. The van der Waals surface area contributed by atoms with Crippen molar-refractivity contribution in [2.24, 2.45) is 34.0 Å². The monoisotopic (exact) mass is 328 g/mol. The number of hydrogen-bond acceptors (Lipinski definition) is 2. The van der Waals surface area contributed by atoms with Gasteiger partial charge in [-0.2, -0.15) is 0 Å². The van der Waals surface area contributed by atoms with Crippen LogP contribution in [-0.2, 0) is 9.59 Å². The van der Waals surface area contributed by atoms with Gasteiger partial charge in [-0.15, -0.1) is 0 Å². The average Bonchev–Trinajstić information content (AvgIpc) is 2.60. The van der Waals surface area contributed by atoms with Crippen LogP contribution in [0.1, 0.15) is 78.6 Å². The summed E-state index contributed by atoms with van der Waals surface area (Å²) >= 11 is 0. The fraction of sp³-hybridized carbons (Fsp3) is 0.818. The van der Waals surface area contributed by atoms with Crippen molar-refractivity contribution in [2.45, 2.75) is 78.6 Å². The van der Waals surface area contributed by atoms with Crippen LogP contribution in [0.4, 0.5) is 0 Å². The van der Waals surface area contributed by atoms with Gasteiger partial charge in [-0.1, -0.05) is 40.2 Å². The summed E-state index contributed by atoms with van der Waals surface area (Å²) in [6, 6.07) is 0. The van der Waals surface area contributed by atoms with E-state index in [-0.39, 0.29) is 28.3 Å². The Morgan fingerprint density at radius 3 is 2.50 bits per heavy atom. The van der Waals surface area contributed by atoms with Crippen LogP contribution in [0.25, 0.3) is 0 Å². The molecule has 5 aliphatic carbocycles. The van der Waals surface area contributed by atoms with E-state index >= 15 is 0 Å². The molecular weight excluding hydrogens is 296 g/mol. The van der Waals surface area contributed by atoms with Crippen LogP contribution < -0.4 is 0 Å². The maximum atomic E-state index is 13.4. The van der Waals surface area contributed by atoms with E-state index in [0.717, 1.165) is 37.7 Å². The molecule has 0 N–H and O–H groups in total. The van der Waals surface area contributed by atoms with Crippen LogP contribution in [0.2, 0.25) is 0 Å². The minimum Gasteiger partial charge on any atom is -0.299 e. The van der Waals surface area contributed by atoms with E-state index in [4.69, 9.17) is 0 Å². The van der Waals surface area contributed by atoms with Crippen LogP contribution in [0.3, 0.4) is 0 Å². The minimum atomic E-state index is -0.690. The molecule has 24 heavy (non-hydrogen) atoms. The first-order valence-corrected chi connectivity index (χ1v) is 10.1. The molecular formula is C22H32O2. The molecule has 0 saturated heterocycles. The maximum absolute atomic E-state index is 13.4. The molecule has 132 valence electrons. The van der Waals surface area contributed by atoms with E-state index in [9.17, 15) is 9.59 Å². The third-order valence-corrected chi connectivity index (χ3v) is 9.16. The average molecular weight is 328 g/mol. The first kappa shape index (κ1) is 16.5. The van der Waals surface area contributed by atoms with Gasteiger partial charge in [0.2, 0.25) is 0 Å². The maximum Gasteiger partial charge on any atom is 0.172 e. The van der Waals surface area contributed by atoms with Gasteiger partial charge < -0.3 is 0 Å². The van der Waals surface area contributed by atoms with E-state index in [1.54, 1.807) is 0 Å². The highest BCUT2D eigenvalue weighted by Crippen LogP contribution is 2.71. The fourth-order valence-electron chi connectivity index (χ4n) is 7.62. The van der Waals surface area contributed by atoms with Crippen molar-refractivity contribution < 1.29 is 9.59 Å². The van der Waals surface area contributed by atoms with Gasteiger partial charge in [0, 0.05) is 6.42 Å². The standard InChI is InChI=1S/C22H32O2/c1-5-20(4)9-7-10-21(6-2)16(20)13-18(23)22-11-8-15(12-17(21)22)14(3)19(22)24/h15-17H,3,5-13H2,1-2,4H3/t15-,16?,17?,20+,21+,22?/m0/s1. The summed E-state index contributed by atoms with van der Waals surface area (Å²) in [5.41, 5.74) is 0.545. The number of Topliss-reactive ketones (excluding diaryl/α,β-unsaturated/α-hetero) is 2. The van der Waals surface area contributed by atoms with E-state index in [1.807, 2.05) is 0 Å². The van der Waals surface area contributed by atoms with Gasteiger partial charge in [0.25, 0.3) is 0 Å². The van der Waals surface area contributed by atoms with E-state index in [1.165, 1.54) is 19.3 Å². The third-order valence-electron chi connectivity index (χ3n) is 9.16. The summed E-state index contributed by atoms with van der Waals surface area (Å²) in [6.07, 6.45) is 9.48. The molecule has 0 radical (unpaired) electrons. The Kier molecular flexibility index (Phi) is 3.48. The molecule has 5 saturated carbocycles. The summed E-state index contributed by atoms with van der Waals surface area (Å²) in [5.74, 6) is 1.50. The van der Waals surface area contributed by atoms with Crippen molar-refractivity contribution in [3.05, 3.63) is 12.2 Å². The van der Waals surface area contributed by atoms with Crippen LogP contribution in [0, 0.1) is 34.0 Å². The molecule has 0 aromatic rings. The first-order valence-electron chi connectivity index (χ1n) is 10.1. The molecule has 2 heteroatoms. The third kappa shape index (κ3) is 1.68. The van der Waals surface area contributed by atoms with Crippen molar-refractivity contribution in [1.82, 2.24) is 0 Å². The van der Waals surface area contributed by atoms with Crippen LogP contribution >= 0.6 is 0 Å². The first-order chi connectivity index (χ1) is 11.4. The molecule has 0 heterocycles. The van der Waals surface area contributed by atoms with Crippen LogP contribution in [-0.4, -0.2) is 11.6 Å². The van der Waals surface area contributed by atoms with Crippen molar-refractivity contribution >= 4 is 11.6 Å². The van der Waals surface area contributed by atoms with Gasteiger partial charge >= 0.3 is 0 Å². The smallest absolute Gasteiger partial charge is 0.172 e. The molecule has 0 aromatic carbocycles.